The van der Waals surface area contributed by atoms with Crippen LogP contribution in [0.2, 0.25) is 5.02 Å². The first-order valence-electron chi connectivity index (χ1n) is 10.8. The molecule has 33 heavy (non-hydrogen) atoms. The van der Waals surface area contributed by atoms with E-state index >= 15 is 0 Å². The average molecular weight is 491 g/mol. The maximum Gasteiger partial charge on any atom is 0.345 e. The van der Waals surface area contributed by atoms with Gasteiger partial charge in [-0.15, -0.1) is 11.3 Å². The largest absolute Gasteiger partial charge is 0.494 e. The molecule has 0 saturated carbocycles. The molecule has 0 amide bonds. The Morgan fingerprint density at radius 3 is 2.64 bits per heavy atom. The minimum Gasteiger partial charge on any atom is -0.494 e. The van der Waals surface area contributed by atoms with Crippen molar-refractivity contribution in [1.29, 1.82) is 0 Å². The summed E-state index contributed by atoms with van der Waals surface area (Å²) < 4.78 is 30.6. The zero-order valence-electron chi connectivity index (χ0n) is 17.9. The third kappa shape index (κ3) is 6.12. The van der Waals surface area contributed by atoms with E-state index in [1.165, 1.54) is 12.1 Å². The van der Waals surface area contributed by atoms with Gasteiger partial charge in [-0.3, -0.25) is 0 Å². The molecule has 4 rings (SSSR count). The van der Waals surface area contributed by atoms with E-state index in [-0.39, 0.29) is 16.2 Å². The van der Waals surface area contributed by atoms with Gasteiger partial charge in [0.2, 0.25) is 0 Å². The first kappa shape index (κ1) is 23.7. The van der Waals surface area contributed by atoms with Gasteiger partial charge in [0, 0.05) is 29.0 Å². The van der Waals surface area contributed by atoms with Crippen molar-refractivity contribution >= 4 is 28.9 Å². The first-order valence-corrected chi connectivity index (χ1v) is 12.0. The highest BCUT2D eigenvalue weighted by Crippen LogP contribution is 2.42. The highest BCUT2D eigenvalue weighted by Gasteiger charge is 2.19. The number of thiophene rings is 1. The molecular weight excluding hydrogens is 467 g/mol. The van der Waals surface area contributed by atoms with Crippen LogP contribution in [-0.4, -0.2) is 37.2 Å². The van der Waals surface area contributed by atoms with Crippen LogP contribution in [0.4, 0.5) is 4.39 Å². The number of ether oxygens (including phenoxy) is 3. The Balaban J connectivity index is 1.42. The molecule has 1 unspecified atom stereocenters. The number of carboxylic acids is 1. The molecule has 0 bridgehead atoms. The van der Waals surface area contributed by atoms with Crippen LogP contribution in [0.5, 0.6) is 5.75 Å². The lowest BCUT2D eigenvalue weighted by Crippen LogP contribution is -2.23. The maximum atomic E-state index is 13.5. The van der Waals surface area contributed by atoms with E-state index in [9.17, 15) is 14.3 Å². The first-order chi connectivity index (χ1) is 16.0. The van der Waals surface area contributed by atoms with Crippen molar-refractivity contribution in [1.82, 2.24) is 0 Å². The smallest absolute Gasteiger partial charge is 0.345 e. The van der Waals surface area contributed by atoms with Gasteiger partial charge >= 0.3 is 5.97 Å². The van der Waals surface area contributed by atoms with Crippen molar-refractivity contribution < 1.29 is 28.5 Å². The lowest BCUT2D eigenvalue weighted by atomic mass is 10.0. The third-order valence-electron chi connectivity index (χ3n) is 5.28. The molecular formula is C25H24ClFO5S. The van der Waals surface area contributed by atoms with Crippen molar-refractivity contribution in [3.63, 3.8) is 0 Å². The topological polar surface area (TPSA) is 65.0 Å². The quantitative estimate of drug-likeness (QED) is 0.331. The van der Waals surface area contributed by atoms with Crippen molar-refractivity contribution in [2.24, 2.45) is 0 Å². The Hall–Kier alpha value is -2.45. The minimum absolute atomic E-state index is 0.0943. The number of aromatic carboxylic acids is 1. The van der Waals surface area contributed by atoms with E-state index in [1.54, 1.807) is 12.1 Å². The average Bonchev–Trinajstić information content (AvgIpc) is 3.25. The number of benzene rings is 2. The van der Waals surface area contributed by atoms with E-state index in [1.807, 2.05) is 24.3 Å². The summed E-state index contributed by atoms with van der Waals surface area (Å²) in [5, 5.41) is 9.71. The second-order valence-electron chi connectivity index (χ2n) is 7.68. The number of halogens is 2. The van der Waals surface area contributed by atoms with Crippen molar-refractivity contribution in [3.05, 3.63) is 64.2 Å². The van der Waals surface area contributed by atoms with Crippen LogP contribution in [0, 0.1) is 5.82 Å². The van der Waals surface area contributed by atoms with Gasteiger partial charge in [-0.1, -0.05) is 23.7 Å². The number of carbonyl (C=O) groups is 1. The van der Waals surface area contributed by atoms with E-state index in [0.29, 0.717) is 29.4 Å². The third-order valence-corrected chi connectivity index (χ3v) is 6.75. The number of carboxylic acid groups (broad SMARTS) is 1. The van der Waals surface area contributed by atoms with E-state index in [4.69, 9.17) is 25.8 Å². The standard InChI is InChI=1S/C25H24ClFO5S/c26-21-14-17(27)7-10-19(21)24-20(15-22(33-24)25(28)29)16-5-8-18(9-6-16)30-12-3-13-32-23-4-1-2-11-31-23/h5-10,14-15,23H,1-4,11-13H2,(H,28,29). The summed E-state index contributed by atoms with van der Waals surface area (Å²) in [6.07, 6.45) is 3.84. The summed E-state index contributed by atoms with van der Waals surface area (Å²) in [5.41, 5.74) is 2.13. The molecule has 174 valence electrons. The summed E-state index contributed by atoms with van der Waals surface area (Å²) in [7, 11) is 0. The molecule has 3 aromatic rings. The Morgan fingerprint density at radius 1 is 1.12 bits per heavy atom. The Morgan fingerprint density at radius 2 is 1.94 bits per heavy atom. The lowest BCUT2D eigenvalue weighted by Gasteiger charge is -2.22. The number of rotatable bonds is 9. The van der Waals surface area contributed by atoms with Gasteiger partial charge in [0.05, 0.1) is 18.2 Å². The summed E-state index contributed by atoms with van der Waals surface area (Å²) >= 11 is 7.36. The Labute approximate surface area is 200 Å². The van der Waals surface area contributed by atoms with E-state index in [0.717, 1.165) is 54.8 Å². The summed E-state index contributed by atoms with van der Waals surface area (Å²) in [6.45, 7) is 1.86. The van der Waals surface area contributed by atoms with Crippen LogP contribution in [-0.2, 0) is 9.47 Å². The summed E-state index contributed by atoms with van der Waals surface area (Å²) in [6, 6.07) is 13.1. The molecule has 0 aliphatic carbocycles. The Kier molecular flexibility index (Phi) is 7.98. The lowest BCUT2D eigenvalue weighted by molar-refractivity contribution is -0.163. The van der Waals surface area contributed by atoms with Gasteiger partial charge in [-0.2, -0.15) is 0 Å². The van der Waals surface area contributed by atoms with E-state index < -0.39 is 11.8 Å². The van der Waals surface area contributed by atoms with Crippen molar-refractivity contribution in [2.45, 2.75) is 32.0 Å². The van der Waals surface area contributed by atoms with Gasteiger partial charge in [-0.05, 0) is 61.2 Å². The van der Waals surface area contributed by atoms with Crippen LogP contribution in [0.3, 0.4) is 0 Å². The molecule has 2 aromatic carbocycles. The SMILES string of the molecule is O=C(O)c1cc(-c2ccc(OCCCOC3CCCCO3)cc2)c(-c2ccc(F)cc2Cl)s1. The molecule has 1 aliphatic heterocycles. The zero-order valence-corrected chi connectivity index (χ0v) is 19.5. The van der Waals surface area contributed by atoms with Gasteiger partial charge in [0.15, 0.2) is 6.29 Å². The van der Waals surface area contributed by atoms with Crippen molar-refractivity contribution in [3.8, 4) is 27.3 Å². The molecule has 1 aromatic heterocycles. The fourth-order valence-electron chi connectivity index (χ4n) is 3.62. The Bertz CT molecular complexity index is 1090. The molecule has 1 aliphatic rings. The van der Waals surface area contributed by atoms with E-state index in [2.05, 4.69) is 0 Å². The molecule has 0 radical (unpaired) electrons. The fourth-order valence-corrected chi connectivity index (χ4v) is 5.00. The highest BCUT2D eigenvalue weighted by molar-refractivity contribution is 7.18. The van der Waals surface area contributed by atoms with Crippen LogP contribution < -0.4 is 4.74 Å². The molecule has 1 atom stereocenters. The highest BCUT2D eigenvalue weighted by atomic mass is 35.5. The predicted octanol–water partition coefficient (Wildman–Crippen LogP) is 6.88. The van der Waals surface area contributed by atoms with Gasteiger partial charge in [-0.25, -0.2) is 9.18 Å². The molecule has 1 saturated heterocycles. The van der Waals surface area contributed by atoms with Crippen LogP contribution in [0.25, 0.3) is 21.6 Å². The molecule has 1 fully saturated rings. The fraction of sp³-hybridized carbons (Fsp3) is 0.320. The molecule has 8 heteroatoms. The normalized spacial score (nSPS) is 16.0. The number of hydrogen-bond acceptors (Lipinski definition) is 5. The van der Waals surface area contributed by atoms with Gasteiger partial charge in [0.1, 0.15) is 16.4 Å². The minimum atomic E-state index is -1.02. The second kappa shape index (κ2) is 11.1. The molecule has 1 N–H and O–H groups in total. The van der Waals surface area contributed by atoms with Crippen LogP contribution >= 0.6 is 22.9 Å². The molecule has 0 spiro atoms. The maximum absolute atomic E-state index is 13.5. The predicted molar refractivity (Wildman–Crippen MR) is 127 cm³/mol. The van der Waals surface area contributed by atoms with Gasteiger partial charge in [0.25, 0.3) is 0 Å². The second-order valence-corrected chi connectivity index (χ2v) is 9.14. The van der Waals surface area contributed by atoms with Gasteiger partial charge < -0.3 is 19.3 Å². The zero-order chi connectivity index (χ0) is 23.2. The van der Waals surface area contributed by atoms with Crippen LogP contribution in [0.15, 0.2) is 48.5 Å². The molecule has 2 heterocycles. The summed E-state index contributed by atoms with van der Waals surface area (Å²) in [5.74, 6) is -0.757. The molecule has 5 nitrogen and oxygen atoms in total. The monoisotopic (exact) mass is 490 g/mol. The number of hydrogen-bond donors (Lipinski definition) is 1. The van der Waals surface area contributed by atoms with Crippen molar-refractivity contribution in [2.75, 3.05) is 19.8 Å². The van der Waals surface area contributed by atoms with Crippen LogP contribution in [0.1, 0.15) is 35.4 Å². The summed E-state index contributed by atoms with van der Waals surface area (Å²) in [4.78, 5) is 12.4.